The molecule has 92 valence electrons. The zero-order chi connectivity index (χ0) is 12.8. The summed E-state index contributed by atoms with van der Waals surface area (Å²) in [6.07, 6.45) is -3.09. The number of aryl methyl sites for hydroxylation is 1. The van der Waals surface area contributed by atoms with Crippen molar-refractivity contribution >= 4 is 11.2 Å². The van der Waals surface area contributed by atoms with Crippen LogP contribution in [0.1, 0.15) is 12.7 Å². The van der Waals surface area contributed by atoms with Gasteiger partial charge in [0.2, 0.25) is 0 Å². The van der Waals surface area contributed by atoms with Gasteiger partial charge < -0.3 is 10.3 Å². The summed E-state index contributed by atoms with van der Waals surface area (Å²) in [6.45, 7) is 0.897. The molecular weight excluding hydrogens is 233 g/mol. The summed E-state index contributed by atoms with van der Waals surface area (Å²) in [5.74, 6) is -0.251. The molecule has 0 spiro atoms. The Morgan fingerprint density at radius 1 is 1.35 bits per heavy atom. The molecule has 0 aliphatic carbocycles. The van der Waals surface area contributed by atoms with Gasteiger partial charge >= 0.3 is 6.18 Å². The SMILES string of the molecule is Cn1c(C(C)(N)C(F)(F)F)nc2ncccc21. The average molecular weight is 244 g/mol. The van der Waals surface area contributed by atoms with Crippen LogP contribution in [0.2, 0.25) is 0 Å². The number of nitrogens with two attached hydrogens (primary N) is 1. The molecule has 2 rings (SSSR count). The number of halogens is 3. The monoisotopic (exact) mass is 244 g/mol. The molecule has 0 saturated heterocycles. The summed E-state index contributed by atoms with van der Waals surface area (Å²) in [7, 11) is 1.49. The van der Waals surface area contributed by atoms with Crippen LogP contribution >= 0.6 is 0 Å². The predicted octanol–water partition coefficient (Wildman–Crippen LogP) is 1.70. The minimum absolute atomic E-state index is 0.251. The van der Waals surface area contributed by atoms with Crippen LogP contribution in [0.15, 0.2) is 18.3 Å². The van der Waals surface area contributed by atoms with Crippen LogP contribution in [0.3, 0.4) is 0 Å². The number of alkyl halides is 3. The fourth-order valence-corrected chi connectivity index (χ4v) is 1.62. The van der Waals surface area contributed by atoms with E-state index < -0.39 is 11.7 Å². The maximum absolute atomic E-state index is 12.8. The minimum Gasteiger partial charge on any atom is -0.328 e. The molecule has 4 nitrogen and oxygen atoms in total. The average Bonchev–Trinajstić information content (AvgIpc) is 2.56. The Balaban J connectivity index is 2.68. The van der Waals surface area contributed by atoms with Gasteiger partial charge in [-0.05, 0) is 19.1 Å². The third-order valence-corrected chi connectivity index (χ3v) is 2.71. The van der Waals surface area contributed by atoms with Crippen LogP contribution < -0.4 is 5.73 Å². The highest BCUT2D eigenvalue weighted by Gasteiger charge is 2.52. The molecule has 0 aliphatic rings. The third-order valence-electron chi connectivity index (χ3n) is 2.71. The number of nitrogens with zero attached hydrogens (tertiary/aromatic N) is 3. The number of hydrogen-bond acceptors (Lipinski definition) is 3. The van der Waals surface area contributed by atoms with Crippen LogP contribution in [0.4, 0.5) is 13.2 Å². The Hall–Kier alpha value is -1.63. The molecule has 2 heterocycles. The van der Waals surface area contributed by atoms with Crippen LogP contribution in [0.25, 0.3) is 11.2 Å². The normalized spacial score (nSPS) is 16.1. The molecule has 17 heavy (non-hydrogen) atoms. The van der Waals surface area contributed by atoms with E-state index in [4.69, 9.17) is 5.73 Å². The quantitative estimate of drug-likeness (QED) is 0.830. The van der Waals surface area contributed by atoms with Crippen molar-refractivity contribution in [3.8, 4) is 0 Å². The number of imidazole rings is 1. The largest absolute Gasteiger partial charge is 0.413 e. The van der Waals surface area contributed by atoms with E-state index in [0.717, 1.165) is 6.92 Å². The van der Waals surface area contributed by atoms with Crippen molar-refractivity contribution in [3.63, 3.8) is 0 Å². The first-order chi connectivity index (χ1) is 7.75. The van der Waals surface area contributed by atoms with Crippen molar-refractivity contribution < 1.29 is 13.2 Å². The maximum Gasteiger partial charge on any atom is 0.413 e. The van der Waals surface area contributed by atoms with Gasteiger partial charge in [0.05, 0.1) is 5.52 Å². The van der Waals surface area contributed by atoms with E-state index in [9.17, 15) is 13.2 Å². The molecule has 0 amide bonds. The van der Waals surface area contributed by atoms with E-state index in [1.807, 2.05) is 0 Å². The van der Waals surface area contributed by atoms with Gasteiger partial charge in [0.1, 0.15) is 5.82 Å². The van der Waals surface area contributed by atoms with Crippen molar-refractivity contribution in [1.29, 1.82) is 0 Å². The van der Waals surface area contributed by atoms with Gasteiger partial charge in [0, 0.05) is 13.2 Å². The standard InChI is InChI=1S/C10H11F3N4/c1-9(14,10(11,12)13)8-16-7-6(17(8)2)4-3-5-15-7/h3-5H,14H2,1-2H3. The number of rotatable bonds is 1. The summed E-state index contributed by atoms with van der Waals surface area (Å²) >= 11 is 0. The van der Waals surface area contributed by atoms with E-state index in [-0.39, 0.29) is 11.5 Å². The highest BCUT2D eigenvalue weighted by molar-refractivity contribution is 5.71. The molecule has 0 aliphatic heterocycles. The second-order valence-corrected chi connectivity index (χ2v) is 4.04. The van der Waals surface area contributed by atoms with Crippen LogP contribution in [-0.2, 0) is 12.6 Å². The summed E-state index contributed by atoms with van der Waals surface area (Å²) in [6, 6.07) is 3.28. The Labute approximate surface area is 95.3 Å². The van der Waals surface area contributed by atoms with E-state index >= 15 is 0 Å². The molecule has 0 aromatic carbocycles. The first-order valence-electron chi connectivity index (χ1n) is 4.88. The lowest BCUT2D eigenvalue weighted by atomic mass is 10.0. The van der Waals surface area contributed by atoms with Crippen molar-refractivity contribution in [3.05, 3.63) is 24.2 Å². The lowest BCUT2D eigenvalue weighted by molar-refractivity contribution is -0.186. The van der Waals surface area contributed by atoms with Gasteiger partial charge in [-0.1, -0.05) is 0 Å². The molecule has 1 unspecified atom stereocenters. The predicted molar refractivity (Wildman–Crippen MR) is 56.1 cm³/mol. The van der Waals surface area contributed by atoms with Gasteiger partial charge in [0.25, 0.3) is 0 Å². The molecule has 2 aromatic rings. The summed E-state index contributed by atoms with van der Waals surface area (Å²) in [4.78, 5) is 7.76. The van der Waals surface area contributed by atoms with Crippen molar-refractivity contribution in [2.24, 2.45) is 12.8 Å². The van der Waals surface area contributed by atoms with Gasteiger partial charge in [-0.2, -0.15) is 13.2 Å². The third kappa shape index (κ3) is 1.66. The highest BCUT2D eigenvalue weighted by Crippen LogP contribution is 2.36. The Kier molecular flexibility index (Phi) is 2.39. The van der Waals surface area contributed by atoms with E-state index in [1.54, 1.807) is 12.1 Å². The number of fused-ring (bicyclic) bond motifs is 1. The molecule has 1 atom stereocenters. The Morgan fingerprint density at radius 2 is 2.00 bits per heavy atom. The first-order valence-corrected chi connectivity index (χ1v) is 4.88. The number of pyridine rings is 1. The van der Waals surface area contributed by atoms with Crippen molar-refractivity contribution in [2.45, 2.75) is 18.6 Å². The van der Waals surface area contributed by atoms with Crippen LogP contribution in [0.5, 0.6) is 0 Å². The lowest BCUT2D eigenvalue weighted by Gasteiger charge is -2.26. The van der Waals surface area contributed by atoms with Crippen molar-refractivity contribution in [1.82, 2.24) is 14.5 Å². The summed E-state index contributed by atoms with van der Waals surface area (Å²) < 4.78 is 39.8. The fourth-order valence-electron chi connectivity index (χ4n) is 1.62. The molecule has 2 aromatic heterocycles. The molecular formula is C10H11F3N4. The molecule has 0 bridgehead atoms. The van der Waals surface area contributed by atoms with Gasteiger partial charge in [-0.15, -0.1) is 0 Å². The zero-order valence-corrected chi connectivity index (χ0v) is 9.28. The zero-order valence-electron chi connectivity index (χ0n) is 9.28. The van der Waals surface area contributed by atoms with E-state index in [0.29, 0.717) is 5.52 Å². The molecule has 0 radical (unpaired) electrons. The first kappa shape index (κ1) is 11.8. The lowest BCUT2D eigenvalue weighted by Crippen LogP contribution is -2.49. The number of hydrogen-bond donors (Lipinski definition) is 1. The second-order valence-electron chi connectivity index (χ2n) is 4.04. The molecule has 0 fully saturated rings. The second kappa shape index (κ2) is 3.43. The minimum atomic E-state index is -4.57. The van der Waals surface area contributed by atoms with E-state index in [1.165, 1.54) is 17.8 Å². The highest BCUT2D eigenvalue weighted by atomic mass is 19.4. The summed E-state index contributed by atoms with van der Waals surface area (Å²) in [5, 5.41) is 0. The van der Waals surface area contributed by atoms with Crippen LogP contribution in [0, 0.1) is 0 Å². The topological polar surface area (TPSA) is 56.7 Å². The van der Waals surface area contributed by atoms with E-state index in [2.05, 4.69) is 9.97 Å². The molecule has 7 heteroatoms. The maximum atomic E-state index is 12.8. The Bertz CT molecular complexity index is 556. The fraction of sp³-hybridized carbons (Fsp3) is 0.400. The smallest absolute Gasteiger partial charge is 0.328 e. The summed E-state index contributed by atoms with van der Waals surface area (Å²) in [5.41, 5.74) is 3.62. The molecule has 0 saturated carbocycles. The Morgan fingerprint density at radius 3 is 2.53 bits per heavy atom. The number of aromatic nitrogens is 3. The van der Waals surface area contributed by atoms with Gasteiger partial charge in [-0.3, -0.25) is 0 Å². The van der Waals surface area contributed by atoms with Gasteiger partial charge in [-0.25, -0.2) is 9.97 Å². The van der Waals surface area contributed by atoms with Crippen LogP contribution in [-0.4, -0.2) is 20.7 Å². The van der Waals surface area contributed by atoms with Crippen molar-refractivity contribution in [2.75, 3.05) is 0 Å². The molecule has 2 N–H and O–H groups in total. The van der Waals surface area contributed by atoms with Gasteiger partial charge in [0.15, 0.2) is 11.2 Å².